The average molecular weight is 436 g/mol. The van der Waals surface area contributed by atoms with Crippen molar-refractivity contribution in [3.63, 3.8) is 0 Å². The third-order valence-electron chi connectivity index (χ3n) is 6.55. The number of fused-ring (bicyclic) bond motifs is 1. The first-order chi connectivity index (χ1) is 14.3. The Bertz CT molecular complexity index is 826. The van der Waals surface area contributed by atoms with E-state index in [0.29, 0.717) is 5.28 Å². The third-order valence-corrected chi connectivity index (χ3v) is 7.73. The average Bonchev–Trinajstić information content (AvgIpc) is 3.17. The third kappa shape index (κ3) is 4.54. The molecule has 3 fully saturated rings. The van der Waals surface area contributed by atoms with E-state index in [2.05, 4.69) is 30.7 Å². The van der Waals surface area contributed by atoms with E-state index in [1.165, 1.54) is 63.2 Å². The van der Waals surface area contributed by atoms with Crippen molar-refractivity contribution in [2.45, 2.75) is 44.7 Å². The molecule has 29 heavy (non-hydrogen) atoms. The number of anilines is 1. The molecule has 3 aliphatic rings. The monoisotopic (exact) mass is 435 g/mol. The maximum absolute atomic E-state index is 6.25. The fourth-order valence-corrected chi connectivity index (χ4v) is 6.25. The number of morpholine rings is 1. The Morgan fingerprint density at radius 3 is 2.52 bits per heavy atom. The maximum Gasteiger partial charge on any atom is 0.225 e. The minimum Gasteiger partial charge on any atom is -0.378 e. The number of nitrogens with zero attached hydrogens (tertiary/aromatic N) is 5. The van der Waals surface area contributed by atoms with Crippen LogP contribution in [0.3, 0.4) is 0 Å². The van der Waals surface area contributed by atoms with Gasteiger partial charge in [0.15, 0.2) is 0 Å². The van der Waals surface area contributed by atoms with Crippen LogP contribution >= 0.6 is 22.9 Å². The van der Waals surface area contributed by atoms with Crippen LogP contribution in [0.4, 0.5) is 5.82 Å². The number of aromatic nitrogens is 2. The molecule has 0 bridgehead atoms. The molecule has 5 heterocycles. The largest absolute Gasteiger partial charge is 0.378 e. The van der Waals surface area contributed by atoms with Crippen molar-refractivity contribution in [3.05, 3.63) is 16.2 Å². The number of ether oxygens (including phenoxy) is 1. The summed E-state index contributed by atoms with van der Waals surface area (Å²) in [6.45, 7) is 9.22. The van der Waals surface area contributed by atoms with Gasteiger partial charge in [0.2, 0.25) is 5.28 Å². The smallest absolute Gasteiger partial charge is 0.225 e. The number of likely N-dealkylation sites (tertiary alicyclic amines) is 2. The van der Waals surface area contributed by atoms with Crippen molar-refractivity contribution in [1.29, 1.82) is 0 Å². The molecule has 2 aromatic heterocycles. The highest BCUT2D eigenvalue weighted by atomic mass is 35.5. The predicted octanol–water partition coefficient (Wildman–Crippen LogP) is 3.63. The van der Waals surface area contributed by atoms with E-state index in [0.717, 1.165) is 54.9 Å². The van der Waals surface area contributed by atoms with Crippen LogP contribution in [0.1, 0.15) is 37.0 Å². The van der Waals surface area contributed by atoms with Gasteiger partial charge in [0, 0.05) is 43.6 Å². The lowest BCUT2D eigenvalue weighted by Gasteiger charge is -2.40. The molecule has 8 heteroatoms. The molecule has 5 rings (SSSR count). The molecule has 0 amide bonds. The molecule has 3 saturated heterocycles. The summed E-state index contributed by atoms with van der Waals surface area (Å²) >= 11 is 8.01. The van der Waals surface area contributed by atoms with Crippen LogP contribution in [0, 0.1) is 0 Å². The van der Waals surface area contributed by atoms with Gasteiger partial charge in [0.05, 0.1) is 18.6 Å². The van der Waals surface area contributed by atoms with Crippen LogP contribution < -0.4 is 4.90 Å². The molecule has 158 valence electrons. The minimum absolute atomic E-state index is 0.342. The van der Waals surface area contributed by atoms with Crippen LogP contribution in [0.5, 0.6) is 0 Å². The highest BCUT2D eigenvalue weighted by Gasteiger charge is 2.26. The Morgan fingerprint density at radius 1 is 1.00 bits per heavy atom. The van der Waals surface area contributed by atoms with Crippen molar-refractivity contribution in [1.82, 2.24) is 19.8 Å². The zero-order valence-electron chi connectivity index (χ0n) is 17.0. The SMILES string of the molecule is Clc1nc(N2CCOCC2)c2cc(CN3CCC(N4CCCCC4)CC3)sc2n1. The molecule has 6 nitrogen and oxygen atoms in total. The summed E-state index contributed by atoms with van der Waals surface area (Å²) in [5, 5.41) is 1.48. The molecule has 0 aliphatic carbocycles. The maximum atomic E-state index is 6.25. The molecule has 3 aliphatic heterocycles. The summed E-state index contributed by atoms with van der Waals surface area (Å²) in [7, 11) is 0. The highest BCUT2D eigenvalue weighted by Crippen LogP contribution is 2.33. The van der Waals surface area contributed by atoms with Crippen LogP contribution in [0.25, 0.3) is 10.2 Å². The number of hydrogen-bond acceptors (Lipinski definition) is 7. The van der Waals surface area contributed by atoms with Gasteiger partial charge in [-0.3, -0.25) is 4.90 Å². The van der Waals surface area contributed by atoms with Gasteiger partial charge in [0.1, 0.15) is 10.6 Å². The van der Waals surface area contributed by atoms with Gasteiger partial charge in [-0.25, -0.2) is 4.98 Å². The summed E-state index contributed by atoms with van der Waals surface area (Å²) in [4.78, 5) is 19.1. The fraction of sp³-hybridized carbons (Fsp3) is 0.714. The number of halogens is 1. The quantitative estimate of drug-likeness (QED) is 0.683. The second kappa shape index (κ2) is 9.02. The number of rotatable bonds is 4. The van der Waals surface area contributed by atoms with Crippen molar-refractivity contribution in [2.24, 2.45) is 0 Å². The second-order valence-corrected chi connectivity index (χ2v) is 9.90. The number of thiophene rings is 1. The lowest BCUT2D eigenvalue weighted by molar-refractivity contribution is 0.0901. The molecule has 0 saturated carbocycles. The number of hydrogen-bond donors (Lipinski definition) is 0. The van der Waals surface area contributed by atoms with Crippen molar-refractivity contribution < 1.29 is 4.74 Å². The Balaban J connectivity index is 1.26. The van der Waals surface area contributed by atoms with E-state index >= 15 is 0 Å². The first-order valence-electron chi connectivity index (χ1n) is 11.0. The summed E-state index contributed by atoms with van der Waals surface area (Å²) in [6, 6.07) is 3.09. The van der Waals surface area contributed by atoms with E-state index in [1.807, 2.05) is 0 Å². The Morgan fingerprint density at radius 2 is 1.76 bits per heavy atom. The standard InChI is InChI=1S/C21H30ClN5OS/c22-21-23-19(27-10-12-28-13-11-27)18-14-17(29-20(18)24-21)15-25-8-4-16(5-9-25)26-6-2-1-3-7-26/h14,16H,1-13,15H2. The lowest BCUT2D eigenvalue weighted by Crippen LogP contribution is -2.46. The molecular formula is C21H30ClN5OS. The zero-order valence-corrected chi connectivity index (χ0v) is 18.6. The van der Waals surface area contributed by atoms with Crippen LogP contribution in [0.15, 0.2) is 6.07 Å². The van der Waals surface area contributed by atoms with Gasteiger partial charge < -0.3 is 14.5 Å². The highest BCUT2D eigenvalue weighted by molar-refractivity contribution is 7.18. The summed E-state index contributed by atoms with van der Waals surface area (Å²) < 4.78 is 5.50. The molecule has 0 aromatic carbocycles. The summed E-state index contributed by atoms with van der Waals surface area (Å²) in [5.41, 5.74) is 0. The topological polar surface area (TPSA) is 44.7 Å². The van der Waals surface area contributed by atoms with Crippen LogP contribution in [-0.2, 0) is 11.3 Å². The first kappa shape index (κ1) is 19.9. The van der Waals surface area contributed by atoms with Gasteiger partial charge in [-0.15, -0.1) is 11.3 Å². The second-order valence-electron chi connectivity index (χ2n) is 8.45. The molecular weight excluding hydrogens is 406 g/mol. The van der Waals surface area contributed by atoms with E-state index in [-0.39, 0.29) is 0 Å². The van der Waals surface area contributed by atoms with Gasteiger partial charge in [-0.05, 0) is 56.4 Å². The molecule has 0 N–H and O–H groups in total. The lowest BCUT2D eigenvalue weighted by atomic mass is 10.00. The van der Waals surface area contributed by atoms with Gasteiger partial charge >= 0.3 is 0 Å². The molecule has 0 radical (unpaired) electrons. The van der Waals surface area contributed by atoms with E-state index in [1.54, 1.807) is 11.3 Å². The predicted molar refractivity (Wildman–Crippen MR) is 119 cm³/mol. The molecule has 0 unspecified atom stereocenters. The van der Waals surface area contributed by atoms with E-state index < -0.39 is 0 Å². The zero-order chi connectivity index (χ0) is 19.6. The van der Waals surface area contributed by atoms with E-state index in [9.17, 15) is 0 Å². The number of piperidine rings is 2. The summed E-state index contributed by atoms with van der Waals surface area (Å²) in [5.74, 6) is 0.967. The molecule has 2 aromatic rings. The molecule has 0 spiro atoms. The Labute approximate surface area is 181 Å². The normalized spacial score (nSPS) is 23.1. The first-order valence-corrected chi connectivity index (χ1v) is 12.2. The van der Waals surface area contributed by atoms with Crippen molar-refractivity contribution in [2.75, 3.05) is 57.4 Å². The summed E-state index contributed by atoms with van der Waals surface area (Å²) in [6.07, 6.45) is 6.79. The van der Waals surface area contributed by atoms with Crippen LogP contribution in [-0.4, -0.2) is 78.3 Å². The van der Waals surface area contributed by atoms with Gasteiger partial charge in [-0.1, -0.05) is 6.42 Å². The fourth-order valence-electron chi connectivity index (χ4n) is 4.97. The van der Waals surface area contributed by atoms with Crippen molar-refractivity contribution in [3.8, 4) is 0 Å². The van der Waals surface area contributed by atoms with Gasteiger partial charge in [0.25, 0.3) is 0 Å². The minimum atomic E-state index is 0.342. The van der Waals surface area contributed by atoms with E-state index in [4.69, 9.17) is 16.3 Å². The van der Waals surface area contributed by atoms with Gasteiger partial charge in [-0.2, -0.15) is 4.98 Å². The molecule has 0 atom stereocenters. The Kier molecular flexibility index (Phi) is 6.20. The van der Waals surface area contributed by atoms with Crippen molar-refractivity contribution >= 4 is 39.0 Å². The van der Waals surface area contributed by atoms with Crippen LogP contribution in [0.2, 0.25) is 5.28 Å². The Hall–Kier alpha value is -0.990.